The van der Waals surface area contributed by atoms with Gasteiger partial charge in [0.05, 0.1) is 19.8 Å². The number of guanidine groups is 1. The summed E-state index contributed by atoms with van der Waals surface area (Å²) in [5.74, 6) is 2.41. The van der Waals surface area contributed by atoms with Crippen molar-refractivity contribution in [2.75, 3.05) is 53.6 Å². The third kappa shape index (κ3) is 6.70. The lowest BCUT2D eigenvalue weighted by Crippen LogP contribution is -2.52. The van der Waals surface area contributed by atoms with Crippen molar-refractivity contribution in [3.05, 3.63) is 29.8 Å². The number of hydrogen-bond acceptors (Lipinski definition) is 4. The highest BCUT2D eigenvalue weighted by molar-refractivity contribution is 5.79. The van der Waals surface area contributed by atoms with Crippen molar-refractivity contribution in [1.29, 1.82) is 0 Å². The van der Waals surface area contributed by atoms with E-state index < -0.39 is 0 Å². The monoisotopic (exact) mass is 376 g/mol. The van der Waals surface area contributed by atoms with E-state index in [1.165, 1.54) is 5.56 Å². The molecule has 152 valence electrons. The van der Waals surface area contributed by atoms with E-state index in [1.807, 2.05) is 26.1 Å². The summed E-state index contributed by atoms with van der Waals surface area (Å²) in [7, 11) is 3.92. The van der Waals surface area contributed by atoms with E-state index in [2.05, 4.69) is 53.1 Å². The van der Waals surface area contributed by atoms with Crippen molar-refractivity contribution in [2.24, 2.45) is 10.9 Å². The Balaban J connectivity index is 1.90. The van der Waals surface area contributed by atoms with E-state index in [1.54, 1.807) is 0 Å². The average molecular weight is 377 g/mol. The number of aliphatic imine (C=N–C) groups is 1. The molecule has 2 rings (SSSR count). The summed E-state index contributed by atoms with van der Waals surface area (Å²) in [5.41, 5.74) is 1.23. The molecule has 0 bridgehead atoms. The van der Waals surface area contributed by atoms with Crippen LogP contribution >= 0.6 is 0 Å². The van der Waals surface area contributed by atoms with Gasteiger partial charge >= 0.3 is 0 Å². The minimum atomic E-state index is 0.476. The van der Waals surface area contributed by atoms with Gasteiger partial charge in [0.15, 0.2) is 5.96 Å². The standard InChI is InChI=1S/C21H36N4O2/c1-6-27-19-9-7-18(8-10-19)16-24(5)21(22-4)23-15-20(17(2)3)25-11-13-26-14-12-25/h7-10,17,20H,6,11-16H2,1-5H3,(H,22,23). The third-order valence-electron chi connectivity index (χ3n) is 4.98. The van der Waals surface area contributed by atoms with E-state index in [9.17, 15) is 0 Å². The second-order valence-electron chi connectivity index (χ2n) is 7.32. The zero-order valence-electron chi connectivity index (χ0n) is 17.6. The first-order valence-corrected chi connectivity index (χ1v) is 10.0. The molecule has 0 aliphatic carbocycles. The molecule has 1 aromatic carbocycles. The van der Waals surface area contributed by atoms with Crippen LogP contribution in [0.1, 0.15) is 26.3 Å². The summed E-state index contributed by atoms with van der Waals surface area (Å²) in [5, 5.41) is 3.57. The maximum Gasteiger partial charge on any atom is 0.193 e. The Bertz CT molecular complexity index is 568. The summed E-state index contributed by atoms with van der Waals surface area (Å²) in [6.45, 7) is 12.6. The summed E-state index contributed by atoms with van der Waals surface area (Å²) in [6, 6.07) is 8.75. The van der Waals surface area contributed by atoms with Crippen LogP contribution in [-0.2, 0) is 11.3 Å². The largest absolute Gasteiger partial charge is 0.494 e. The molecule has 1 fully saturated rings. The van der Waals surface area contributed by atoms with Gasteiger partial charge in [0.1, 0.15) is 5.75 Å². The summed E-state index contributed by atoms with van der Waals surface area (Å²) in [6.07, 6.45) is 0. The molecule has 0 saturated carbocycles. The number of nitrogens with one attached hydrogen (secondary N) is 1. The van der Waals surface area contributed by atoms with Crippen LogP contribution in [0.25, 0.3) is 0 Å². The van der Waals surface area contributed by atoms with Crippen LogP contribution < -0.4 is 10.1 Å². The van der Waals surface area contributed by atoms with E-state index in [0.717, 1.165) is 51.1 Å². The zero-order valence-corrected chi connectivity index (χ0v) is 17.6. The van der Waals surface area contributed by atoms with Gasteiger partial charge in [-0.2, -0.15) is 0 Å². The van der Waals surface area contributed by atoms with E-state index in [4.69, 9.17) is 9.47 Å². The molecule has 1 aliphatic heterocycles. The Morgan fingerprint density at radius 1 is 1.26 bits per heavy atom. The molecule has 1 saturated heterocycles. The van der Waals surface area contributed by atoms with Crippen LogP contribution in [0.4, 0.5) is 0 Å². The van der Waals surface area contributed by atoms with Gasteiger partial charge < -0.3 is 19.7 Å². The predicted molar refractivity (Wildman–Crippen MR) is 111 cm³/mol. The quantitative estimate of drug-likeness (QED) is 0.558. The molecule has 0 spiro atoms. The first-order chi connectivity index (χ1) is 13.0. The minimum absolute atomic E-state index is 0.476. The first-order valence-electron chi connectivity index (χ1n) is 10.0. The number of benzene rings is 1. The van der Waals surface area contributed by atoms with Crippen molar-refractivity contribution in [2.45, 2.75) is 33.4 Å². The molecular formula is C21H36N4O2. The topological polar surface area (TPSA) is 49.3 Å². The van der Waals surface area contributed by atoms with Gasteiger partial charge in [-0.05, 0) is 30.5 Å². The van der Waals surface area contributed by atoms with Crippen LogP contribution in [-0.4, -0.2) is 75.4 Å². The predicted octanol–water partition coefficient (Wildman–Crippen LogP) is 2.45. The third-order valence-corrected chi connectivity index (χ3v) is 4.98. The smallest absolute Gasteiger partial charge is 0.193 e. The molecule has 1 atom stereocenters. The molecule has 0 aromatic heterocycles. The Morgan fingerprint density at radius 3 is 2.48 bits per heavy atom. The molecule has 1 aromatic rings. The SMILES string of the molecule is CCOc1ccc(CN(C)C(=NC)NCC(C(C)C)N2CCOCC2)cc1. The van der Waals surface area contributed by atoms with E-state index in [0.29, 0.717) is 18.6 Å². The highest BCUT2D eigenvalue weighted by atomic mass is 16.5. The lowest BCUT2D eigenvalue weighted by Gasteiger charge is -2.37. The number of rotatable bonds is 8. The number of ether oxygens (including phenoxy) is 2. The second-order valence-corrected chi connectivity index (χ2v) is 7.32. The van der Waals surface area contributed by atoms with Crippen LogP contribution in [0.2, 0.25) is 0 Å². The van der Waals surface area contributed by atoms with Gasteiger partial charge in [0, 0.05) is 46.3 Å². The van der Waals surface area contributed by atoms with Gasteiger partial charge in [-0.25, -0.2) is 0 Å². The molecule has 1 heterocycles. The Kier molecular flexibility index (Phi) is 8.88. The first kappa shape index (κ1) is 21.5. The molecule has 1 N–H and O–H groups in total. The molecule has 6 heteroatoms. The van der Waals surface area contributed by atoms with Crippen molar-refractivity contribution in [3.63, 3.8) is 0 Å². The molecule has 27 heavy (non-hydrogen) atoms. The second kappa shape index (κ2) is 11.1. The fraction of sp³-hybridized carbons (Fsp3) is 0.667. The van der Waals surface area contributed by atoms with Crippen LogP contribution in [0.3, 0.4) is 0 Å². The minimum Gasteiger partial charge on any atom is -0.494 e. The highest BCUT2D eigenvalue weighted by Gasteiger charge is 2.24. The Labute approximate surface area is 164 Å². The molecular weight excluding hydrogens is 340 g/mol. The van der Waals surface area contributed by atoms with Gasteiger partial charge in [0.25, 0.3) is 0 Å². The van der Waals surface area contributed by atoms with Crippen LogP contribution in [0.15, 0.2) is 29.3 Å². The zero-order chi connectivity index (χ0) is 19.6. The maximum absolute atomic E-state index is 5.52. The number of hydrogen-bond donors (Lipinski definition) is 1. The molecule has 6 nitrogen and oxygen atoms in total. The molecule has 0 radical (unpaired) electrons. The van der Waals surface area contributed by atoms with Crippen molar-refractivity contribution < 1.29 is 9.47 Å². The number of morpholine rings is 1. The summed E-state index contributed by atoms with van der Waals surface area (Å²) >= 11 is 0. The van der Waals surface area contributed by atoms with Gasteiger partial charge in [-0.15, -0.1) is 0 Å². The number of nitrogens with zero attached hydrogens (tertiary/aromatic N) is 3. The molecule has 1 aliphatic rings. The average Bonchev–Trinajstić information content (AvgIpc) is 2.67. The Hall–Kier alpha value is -1.79. The van der Waals surface area contributed by atoms with Gasteiger partial charge in [-0.3, -0.25) is 9.89 Å². The lowest BCUT2D eigenvalue weighted by molar-refractivity contribution is 0.00741. The van der Waals surface area contributed by atoms with Crippen molar-refractivity contribution >= 4 is 5.96 Å². The normalized spacial score (nSPS) is 17.0. The summed E-state index contributed by atoms with van der Waals surface area (Å²) < 4.78 is 11.0. The highest BCUT2D eigenvalue weighted by Crippen LogP contribution is 2.14. The van der Waals surface area contributed by atoms with E-state index in [-0.39, 0.29) is 0 Å². The van der Waals surface area contributed by atoms with Gasteiger partial charge in [0.2, 0.25) is 0 Å². The maximum atomic E-state index is 5.52. The molecule has 0 amide bonds. The van der Waals surface area contributed by atoms with Gasteiger partial charge in [-0.1, -0.05) is 26.0 Å². The van der Waals surface area contributed by atoms with Crippen LogP contribution in [0.5, 0.6) is 5.75 Å². The molecule has 1 unspecified atom stereocenters. The summed E-state index contributed by atoms with van der Waals surface area (Å²) in [4.78, 5) is 9.16. The van der Waals surface area contributed by atoms with Crippen molar-refractivity contribution in [1.82, 2.24) is 15.1 Å². The lowest BCUT2D eigenvalue weighted by atomic mass is 10.0. The van der Waals surface area contributed by atoms with Crippen LogP contribution in [0, 0.1) is 5.92 Å². The fourth-order valence-electron chi connectivity index (χ4n) is 3.48. The fourth-order valence-corrected chi connectivity index (χ4v) is 3.48. The van der Waals surface area contributed by atoms with Crippen molar-refractivity contribution in [3.8, 4) is 5.75 Å². The Morgan fingerprint density at radius 2 is 1.93 bits per heavy atom. The van der Waals surface area contributed by atoms with E-state index >= 15 is 0 Å².